The lowest BCUT2D eigenvalue weighted by Gasteiger charge is -2.19. The zero-order valence-corrected chi connectivity index (χ0v) is 13.0. The molecule has 2 rings (SSSR count). The van der Waals surface area contributed by atoms with E-state index < -0.39 is 0 Å². The lowest BCUT2D eigenvalue weighted by molar-refractivity contribution is 0.634. The molecule has 2 nitrogen and oxygen atoms in total. The Morgan fingerprint density at radius 2 is 1.78 bits per heavy atom. The van der Waals surface area contributed by atoms with Crippen LogP contribution in [-0.2, 0) is 0 Å². The fourth-order valence-electron chi connectivity index (χ4n) is 1.79. The van der Waals surface area contributed by atoms with Crippen LogP contribution in [0, 0.1) is 3.57 Å². The van der Waals surface area contributed by atoms with Gasteiger partial charge < -0.3 is 0 Å². The summed E-state index contributed by atoms with van der Waals surface area (Å²) >= 11 is 14.5. The topological polar surface area (TPSA) is 38.0 Å². The summed E-state index contributed by atoms with van der Waals surface area (Å²) in [5, 5.41) is 1.36. The van der Waals surface area contributed by atoms with Crippen molar-refractivity contribution in [3.63, 3.8) is 0 Å². The summed E-state index contributed by atoms with van der Waals surface area (Å²) < 4.78 is 1.08. The molecule has 0 aliphatic carbocycles. The predicted octanol–water partition coefficient (Wildman–Crippen LogP) is 4.15. The van der Waals surface area contributed by atoms with Gasteiger partial charge in [-0.3, -0.25) is 5.84 Å². The number of rotatable bonds is 3. The minimum absolute atomic E-state index is 0.177. The zero-order valence-electron chi connectivity index (χ0n) is 9.33. The Labute approximate surface area is 130 Å². The summed E-state index contributed by atoms with van der Waals surface area (Å²) in [5.41, 5.74) is 4.74. The van der Waals surface area contributed by atoms with Crippen LogP contribution in [0.4, 0.5) is 0 Å². The number of nitrogens with two attached hydrogens (primary N) is 1. The lowest BCUT2D eigenvalue weighted by atomic mass is 9.99. The lowest BCUT2D eigenvalue weighted by Crippen LogP contribution is -2.29. The summed E-state index contributed by atoms with van der Waals surface area (Å²) in [5.74, 6) is 5.67. The van der Waals surface area contributed by atoms with Gasteiger partial charge in [0.15, 0.2) is 0 Å². The van der Waals surface area contributed by atoms with E-state index in [0.717, 1.165) is 14.7 Å². The van der Waals surface area contributed by atoms with E-state index in [-0.39, 0.29) is 6.04 Å². The Balaban J connectivity index is 2.52. The third kappa shape index (κ3) is 2.97. The van der Waals surface area contributed by atoms with Crippen molar-refractivity contribution in [2.75, 3.05) is 0 Å². The molecule has 0 radical (unpaired) electrons. The van der Waals surface area contributed by atoms with Crippen molar-refractivity contribution in [3.05, 3.63) is 67.2 Å². The van der Waals surface area contributed by atoms with Gasteiger partial charge in [-0.2, -0.15) is 0 Å². The molecule has 18 heavy (non-hydrogen) atoms. The Bertz CT molecular complexity index is 560. The van der Waals surface area contributed by atoms with Gasteiger partial charge in [0, 0.05) is 13.6 Å². The van der Waals surface area contributed by atoms with Crippen molar-refractivity contribution in [2.24, 2.45) is 5.84 Å². The number of benzene rings is 2. The van der Waals surface area contributed by atoms with Crippen LogP contribution in [0.3, 0.4) is 0 Å². The maximum Gasteiger partial charge on any atom is 0.0735 e. The Morgan fingerprint density at radius 3 is 2.44 bits per heavy atom. The quantitative estimate of drug-likeness (QED) is 0.467. The normalized spacial score (nSPS) is 12.4. The van der Waals surface area contributed by atoms with E-state index in [9.17, 15) is 0 Å². The highest BCUT2D eigenvalue weighted by Gasteiger charge is 2.18. The highest BCUT2D eigenvalue weighted by molar-refractivity contribution is 14.1. The molecule has 0 bridgehead atoms. The van der Waals surface area contributed by atoms with Crippen molar-refractivity contribution >= 4 is 45.8 Å². The Hall–Kier alpha value is -0.330. The molecule has 0 saturated heterocycles. The first-order valence-corrected chi connectivity index (χ1v) is 7.12. The van der Waals surface area contributed by atoms with Gasteiger partial charge in [-0.1, -0.05) is 41.4 Å². The van der Waals surface area contributed by atoms with E-state index in [1.807, 2.05) is 42.5 Å². The molecule has 0 saturated carbocycles. The first-order valence-electron chi connectivity index (χ1n) is 5.29. The first-order chi connectivity index (χ1) is 8.63. The van der Waals surface area contributed by atoms with Gasteiger partial charge in [-0.15, -0.1) is 0 Å². The highest BCUT2D eigenvalue weighted by atomic mass is 127. The number of halogens is 3. The number of hydrogen-bond donors (Lipinski definition) is 2. The van der Waals surface area contributed by atoms with Gasteiger partial charge >= 0.3 is 0 Å². The third-order valence-electron chi connectivity index (χ3n) is 2.65. The molecule has 3 N–H and O–H groups in total. The van der Waals surface area contributed by atoms with E-state index in [1.165, 1.54) is 0 Å². The molecule has 94 valence electrons. The van der Waals surface area contributed by atoms with Crippen molar-refractivity contribution in [1.82, 2.24) is 5.43 Å². The van der Waals surface area contributed by atoms with Crippen molar-refractivity contribution in [3.8, 4) is 0 Å². The van der Waals surface area contributed by atoms with E-state index in [4.69, 9.17) is 29.0 Å². The summed E-state index contributed by atoms with van der Waals surface area (Å²) in [6, 6.07) is 13.2. The van der Waals surface area contributed by atoms with E-state index >= 15 is 0 Å². The van der Waals surface area contributed by atoms with Crippen LogP contribution >= 0.6 is 45.8 Å². The van der Waals surface area contributed by atoms with Crippen LogP contribution in [0.2, 0.25) is 10.0 Å². The first kappa shape index (κ1) is 14.1. The van der Waals surface area contributed by atoms with Crippen LogP contribution in [0.1, 0.15) is 17.2 Å². The van der Waals surface area contributed by atoms with Crippen molar-refractivity contribution in [1.29, 1.82) is 0 Å². The Kier molecular flexibility index (Phi) is 4.86. The molecule has 2 aromatic rings. The van der Waals surface area contributed by atoms with Gasteiger partial charge in [-0.05, 0) is 58.0 Å². The van der Waals surface area contributed by atoms with Gasteiger partial charge in [-0.25, -0.2) is 5.43 Å². The molecule has 1 unspecified atom stereocenters. The van der Waals surface area contributed by atoms with E-state index in [1.54, 1.807) is 0 Å². The smallest absolute Gasteiger partial charge is 0.0735 e. The molecule has 0 aliphatic rings. The monoisotopic (exact) mass is 392 g/mol. The predicted molar refractivity (Wildman–Crippen MR) is 84.8 cm³/mol. The Morgan fingerprint density at radius 1 is 1.06 bits per heavy atom. The van der Waals surface area contributed by atoms with E-state index in [2.05, 4.69) is 28.0 Å². The largest absolute Gasteiger partial charge is 0.271 e. The molecule has 0 spiro atoms. The third-order valence-corrected chi connectivity index (χ3v) is 4.21. The van der Waals surface area contributed by atoms with Gasteiger partial charge in [0.05, 0.1) is 6.04 Å². The summed E-state index contributed by atoms with van der Waals surface area (Å²) in [6.07, 6.45) is 0. The number of hydrogen-bond acceptors (Lipinski definition) is 2. The zero-order chi connectivity index (χ0) is 13.1. The molecule has 0 aliphatic heterocycles. The highest BCUT2D eigenvalue weighted by Crippen LogP contribution is 2.31. The molecule has 0 amide bonds. The van der Waals surface area contributed by atoms with Crippen molar-refractivity contribution < 1.29 is 0 Å². The maximum absolute atomic E-state index is 6.21. The SMILES string of the molecule is NNC(c1ccccc1Cl)c1cc(Cl)ccc1I. The van der Waals surface area contributed by atoms with Gasteiger partial charge in [0.2, 0.25) is 0 Å². The fourth-order valence-corrected chi connectivity index (χ4v) is 2.86. The van der Waals surface area contributed by atoms with E-state index in [0.29, 0.717) is 10.0 Å². The summed E-state index contributed by atoms with van der Waals surface area (Å²) in [7, 11) is 0. The van der Waals surface area contributed by atoms with Crippen LogP contribution in [0.15, 0.2) is 42.5 Å². The summed E-state index contributed by atoms with van der Waals surface area (Å²) in [6.45, 7) is 0. The molecule has 2 aromatic carbocycles. The maximum atomic E-state index is 6.21. The summed E-state index contributed by atoms with van der Waals surface area (Å²) in [4.78, 5) is 0. The average Bonchev–Trinajstić information content (AvgIpc) is 2.36. The second-order valence-electron chi connectivity index (χ2n) is 3.79. The van der Waals surface area contributed by atoms with Crippen LogP contribution < -0.4 is 11.3 Å². The molecular formula is C13H11Cl2IN2. The molecule has 0 aromatic heterocycles. The minimum Gasteiger partial charge on any atom is -0.271 e. The number of nitrogens with one attached hydrogen (secondary N) is 1. The van der Waals surface area contributed by atoms with Crippen LogP contribution in [-0.4, -0.2) is 0 Å². The molecule has 5 heteroatoms. The molecular weight excluding hydrogens is 382 g/mol. The van der Waals surface area contributed by atoms with Crippen molar-refractivity contribution in [2.45, 2.75) is 6.04 Å². The van der Waals surface area contributed by atoms with Crippen LogP contribution in [0.5, 0.6) is 0 Å². The second kappa shape index (κ2) is 6.21. The number of hydrazine groups is 1. The van der Waals surface area contributed by atoms with Gasteiger partial charge in [0.25, 0.3) is 0 Å². The molecule has 0 fully saturated rings. The fraction of sp³-hybridized carbons (Fsp3) is 0.0769. The molecule has 1 atom stereocenters. The molecule has 0 heterocycles. The minimum atomic E-state index is -0.177. The van der Waals surface area contributed by atoms with Crippen LogP contribution in [0.25, 0.3) is 0 Å². The van der Waals surface area contributed by atoms with Gasteiger partial charge in [0.1, 0.15) is 0 Å². The average molecular weight is 393 g/mol. The second-order valence-corrected chi connectivity index (χ2v) is 5.79. The standard InChI is InChI=1S/C13H11Cl2IN2/c14-8-5-6-12(16)10(7-8)13(18-17)9-3-1-2-4-11(9)15/h1-7,13,18H,17H2.